The third-order valence-corrected chi connectivity index (χ3v) is 2.62. The first-order chi connectivity index (χ1) is 8.22. The monoisotopic (exact) mass is 230 g/mol. The van der Waals surface area contributed by atoms with Crippen molar-refractivity contribution < 1.29 is 14.6 Å². The molecule has 1 N–H and O–H groups in total. The molecular weight excluding hydrogens is 216 g/mol. The van der Waals surface area contributed by atoms with Gasteiger partial charge in [0.05, 0.1) is 13.0 Å². The maximum atomic E-state index is 11.4. The summed E-state index contributed by atoms with van der Waals surface area (Å²) in [7, 11) is 0. The highest BCUT2D eigenvalue weighted by Gasteiger charge is 2.10. The van der Waals surface area contributed by atoms with Crippen LogP contribution in [-0.4, -0.2) is 17.7 Å². The van der Waals surface area contributed by atoms with Crippen LogP contribution in [-0.2, 0) is 16.0 Å². The zero-order valence-corrected chi connectivity index (χ0v) is 9.64. The van der Waals surface area contributed by atoms with Crippen LogP contribution in [0.3, 0.4) is 0 Å². The first kappa shape index (κ1) is 11.5. The first-order valence-corrected chi connectivity index (χ1v) is 5.57. The molecular formula is C14H14O3. The minimum atomic E-state index is -0.321. The molecule has 0 unspecified atom stereocenters. The SMILES string of the molecule is CCOC(=O)Cc1ccc2ccccc2c1O. The second-order valence-corrected chi connectivity index (χ2v) is 3.78. The van der Waals surface area contributed by atoms with E-state index in [-0.39, 0.29) is 18.1 Å². The molecule has 0 radical (unpaired) electrons. The van der Waals surface area contributed by atoms with E-state index in [1.54, 1.807) is 13.0 Å². The zero-order chi connectivity index (χ0) is 12.3. The summed E-state index contributed by atoms with van der Waals surface area (Å²) in [6, 6.07) is 11.2. The number of benzene rings is 2. The molecule has 0 aliphatic heterocycles. The maximum Gasteiger partial charge on any atom is 0.310 e. The largest absolute Gasteiger partial charge is 0.507 e. The predicted octanol–water partition coefficient (Wildman–Crippen LogP) is 2.65. The van der Waals surface area contributed by atoms with Crippen LogP contribution in [0.2, 0.25) is 0 Å². The minimum Gasteiger partial charge on any atom is -0.507 e. The maximum absolute atomic E-state index is 11.4. The Labute approximate surface area is 99.6 Å². The molecule has 0 atom stereocenters. The van der Waals surface area contributed by atoms with Crippen molar-refractivity contribution in [2.75, 3.05) is 6.61 Å². The van der Waals surface area contributed by atoms with Crippen LogP contribution in [0, 0.1) is 0 Å². The lowest BCUT2D eigenvalue weighted by Gasteiger charge is -2.07. The zero-order valence-electron chi connectivity index (χ0n) is 9.64. The van der Waals surface area contributed by atoms with Crippen molar-refractivity contribution >= 4 is 16.7 Å². The van der Waals surface area contributed by atoms with E-state index in [1.165, 1.54) is 0 Å². The molecule has 2 aromatic rings. The number of phenolic OH excluding ortho intramolecular Hbond substituents is 1. The molecule has 0 spiro atoms. The summed E-state index contributed by atoms with van der Waals surface area (Å²) in [5.74, 6) is -0.158. The second kappa shape index (κ2) is 4.87. The standard InChI is InChI=1S/C14H14O3/c1-2-17-13(15)9-11-8-7-10-5-3-4-6-12(10)14(11)16/h3-8,16H,2,9H2,1H3. The topological polar surface area (TPSA) is 46.5 Å². The summed E-state index contributed by atoms with van der Waals surface area (Å²) in [6.07, 6.45) is 0.102. The third kappa shape index (κ3) is 2.38. The van der Waals surface area contributed by atoms with Crippen molar-refractivity contribution in [2.45, 2.75) is 13.3 Å². The summed E-state index contributed by atoms with van der Waals surface area (Å²) < 4.78 is 4.86. The fourth-order valence-electron chi connectivity index (χ4n) is 1.81. The predicted molar refractivity (Wildman–Crippen MR) is 65.9 cm³/mol. The number of aromatic hydroxyl groups is 1. The highest BCUT2D eigenvalue weighted by atomic mass is 16.5. The van der Waals surface area contributed by atoms with Crippen LogP contribution in [0.1, 0.15) is 12.5 Å². The lowest BCUT2D eigenvalue weighted by Crippen LogP contribution is -2.07. The van der Waals surface area contributed by atoms with Crippen molar-refractivity contribution in [2.24, 2.45) is 0 Å². The van der Waals surface area contributed by atoms with Gasteiger partial charge in [0, 0.05) is 10.9 Å². The van der Waals surface area contributed by atoms with E-state index in [0.29, 0.717) is 12.2 Å². The minimum absolute atomic E-state index is 0.102. The van der Waals surface area contributed by atoms with Gasteiger partial charge >= 0.3 is 5.97 Å². The van der Waals surface area contributed by atoms with E-state index >= 15 is 0 Å². The number of phenols is 1. The molecule has 88 valence electrons. The quantitative estimate of drug-likeness (QED) is 0.824. The van der Waals surface area contributed by atoms with E-state index in [9.17, 15) is 9.90 Å². The molecule has 2 rings (SSSR count). The van der Waals surface area contributed by atoms with Crippen LogP contribution in [0.4, 0.5) is 0 Å². The fourth-order valence-corrected chi connectivity index (χ4v) is 1.81. The van der Waals surface area contributed by atoms with Crippen molar-refractivity contribution in [3.63, 3.8) is 0 Å². The van der Waals surface area contributed by atoms with Crippen LogP contribution in [0.15, 0.2) is 36.4 Å². The molecule has 0 heterocycles. The smallest absolute Gasteiger partial charge is 0.310 e. The average Bonchev–Trinajstić information content (AvgIpc) is 2.33. The summed E-state index contributed by atoms with van der Waals surface area (Å²) in [6.45, 7) is 2.12. The Morgan fingerprint density at radius 1 is 1.24 bits per heavy atom. The first-order valence-electron chi connectivity index (χ1n) is 5.57. The molecule has 0 saturated carbocycles. The number of carbonyl (C=O) groups excluding carboxylic acids is 1. The molecule has 0 amide bonds. The summed E-state index contributed by atoms with van der Waals surface area (Å²) in [5, 5.41) is 11.8. The number of fused-ring (bicyclic) bond motifs is 1. The molecule has 0 aliphatic rings. The number of rotatable bonds is 3. The lowest BCUT2D eigenvalue weighted by atomic mass is 10.0. The van der Waals surface area contributed by atoms with Gasteiger partial charge in [0.2, 0.25) is 0 Å². The normalized spacial score (nSPS) is 10.4. The Balaban J connectivity index is 2.36. The lowest BCUT2D eigenvalue weighted by molar-refractivity contribution is -0.142. The van der Waals surface area contributed by atoms with Gasteiger partial charge in [0.15, 0.2) is 0 Å². The number of hydrogen-bond donors (Lipinski definition) is 1. The van der Waals surface area contributed by atoms with Crippen LogP contribution in [0.5, 0.6) is 5.75 Å². The van der Waals surface area contributed by atoms with Gasteiger partial charge in [0.25, 0.3) is 0 Å². The molecule has 3 heteroatoms. The van der Waals surface area contributed by atoms with Gasteiger partial charge in [-0.25, -0.2) is 0 Å². The molecule has 0 aromatic heterocycles. The van der Waals surface area contributed by atoms with Crippen molar-refractivity contribution in [1.29, 1.82) is 0 Å². The molecule has 0 aliphatic carbocycles. The van der Waals surface area contributed by atoms with E-state index in [0.717, 1.165) is 10.8 Å². The van der Waals surface area contributed by atoms with Gasteiger partial charge < -0.3 is 9.84 Å². The van der Waals surface area contributed by atoms with E-state index in [1.807, 2.05) is 30.3 Å². The van der Waals surface area contributed by atoms with Gasteiger partial charge in [-0.15, -0.1) is 0 Å². The van der Waals surface area contributed by atoms with Gasteiger partial charge in [-0.3, -0.25) is 4.79 Å². The Kier molecular flexibility index (Phi) is 3.28. The number of ether oxygens (including phenoxy) is 1. The van der Waals surface area contributed by atoms with Crippen molar-refractivity contribution in [1.82, 2.24) is 0 Å². The highest BCUT2D eigenvalue weighted by molar-refractivity contribution is 5.90. The Bertz CT molecular complexity index is 546. The highest BCUT2D eigenvalue weighted by Crippen LogP contribution is 2.28. The summed E-state index contributed by atoms with van der Waals surface area (Å²) in [5.41, 5.74) is 0.599. The number of carbonyl (C=O) groups is 1. The fraction of sp³-hybridized carbons (Fsp3) is 0.214. The Hall–Kier alpha value is -2.03. The molecule has 0 bridgehead atoms. The summed E-state index contributed by atoms with van der Waals surface area (Å²) >= 11 is 0. The Morgan fingerprint density at radius 3 is 2.76 bits per heavy atom. The molecule has 17 heavy (non-hydrogen) atoms. The molecule has 2 aromatic carbocycles. The van der Waals surface area contributed by atoms with Gasteiger partial charge in [0.1, 0.15) is 5.75 Å². The van der Waals surface area contributed by atoms with Gasteiger partial charge in [-0.05, 0) is 12.3 Å². The van der Waals surface area contributed by atoms with Crippen LogP contribution in [0.25, 0.3) is 10.8 Å². The number of esters is 1. The molecule has 3 nitrogen and oxygen atoms in total. The Morgan fingerprint density at radius 2 is 2.00 bits per heavy atom. The van der Waals surface area contributed by atoms with E-state index in [4.69, 9.17) is 4.74 Å². The van der Waals surface area contributed by atoms with E-state index < -0.39 is 0 Å². The van der Waals surface area contributed by atoms with E-state index in [2.05, 4.69) is 0 Å². The molecule has 0 saturated heterocycles. The second-order valence-electron chi connectivity index (χ2n) is 3.78. The summed E-state index contributed by atoms with van der Waals surface area (Å²) in [4.78, 5) is 11.4. The average molecular weight is 230 g/mol. The van der Waals surface area contributed by atoms with Crippen LogP contribution < -0.4 is 0 Å². The van der Waals surface area contributed by atoms with Gasteiger partial charge in [-0.2, -0.15) is 0 Å². The van der Waals surface area contributed by atoms with Crippen LogP contribution >= 0.6 is 0 Å². The number of hydrogen-bond acceptors (Lipinski definition) is 3. The van der Waals surface area contributed by atoms with Crippen molar-refractivity contribution in [3.05, 3.63) is 42.0 Å². The van der Waals surface area contributed by atoms with Crippen molar-refractivity contribution in [3.8, 4) is 5.75 Å². The van der Waals surface area contributed by atoms with Gasteiger partial charge in [-0.1, -0.05) is 36.4 Å². The third-order valence-electron chi connectivity index (χ3n) is 2.62. The molecule has 0 fully saturated rings.